The predicted molar refractivity (Wildman–Crippen MR) is 147 cm³/mol. The molecule has 0 saturated carbocycles. The van der Waals surface area contributed by atoms with Crippen LogP contribution in [0.4, 0.5) is 5.69 Å². The van der Waals surface area contributed by atoms with Crippen molar-refractivity contribution in [2.75, 3.05) is 31.1 Å². The molecule has 1 saturated heterocycles. The molecule has 202 valence electrons. The summed E-state index contributed by atoms with van der Waals surface area (Å²) in [5, 5.41) is 13.3. The highest BCUT2D eigenvalue weighted by Gasteiger charge is 2.22. The number of hydrogen-bond donors (Lipinski definition) is 2. The Kier molecular flexibility index (Phi) is 7.87. The molecule has 1 fully saturated rings. The number of carbonyl (C=O) groups is 2. The number of nitrogens with one attached hydrogen (secondary N) is 1. The third-order valence-electron chi connectivity index (χ3n) is 6.67. The van der Waals surface area contributed by atoms with Crippen LogP contribution in [0.3, 0.4) is 0 Å². The fraction of sp³-hybridized carbons (Fsp3) is 0.259. The van der Waals surface area contributed by atoms with Crippen LogP contribution in [0, 0.1) is 0 Å². The first-order valence-corrected chi connectivity index (χ1v) is 13.0. The molecule has 2 aromatic heterocycles. The van der Waals surface area contributed by atoms with Crippen LogP contribution in [0.2, 0.25) is 10.0 Å². The van der Waals surface area contributed by atoms with Crippen molar-refractivity contribution in [3.63, 3.8) is 0 Å². The molecule has 4 aromatic rings. The van der Waals surface area contributed by atoms with Crippen LogP contribution >= 0.6 is 23.2 Å². The zero-order valence-corrected chi connectivity index (χ0v) is 22.3. The molecule has 1 amide bonds. The smallest absolute Gasteiger partial charge is 0.372 e. The Morgan fingerprint density at radius 3 is 2.56 bits per heavy atom. The molecule has 0 spiro atoms. The second kappa shape index (κ2) is 11.5. The number of amides is 1. The zero-order chi connectivity index (χ0) is 27.5. The number of piperazine rings is 1. The quantitative estimate of drug-likeness (QED) is 0.330. The third-order valence-corrected chi connectivity index (χ3v) is 7.41. The summed E-state index contributed by atoms with van der Waals surface area (Å²) in [5.74, 6) is -1.44. The van der Waals surface area contributed by atoms with Crippen LogP contribution in [0.5, 0.6) is 0 Å². The summed E-state index contributed by atoms with van der Waals surface area (Å²) in [6.45, 7) is 3.43. The van der Waals surface area contributed by atoms with Gasteiger partial charge in [-0.3, -0.25) is 19.1 Å². The van der Waals surface area contributed by atoms with Gasteiger partial charge in [-0.2, -0.15) is 0 Å². The van der Waals surface area contributed by atoms with Crippen LogP contribution in [-0.2, 0) is 24.4 Å². The van der Waals surface area contributed by atoms with Crippen molar-refractivity contribution in [2.45, 2.75) is 19.6 Å². The molecule has 2 N–H and O–H groups in total. The van der Waals surface area contributed by atoms with Crippen molar-refractivity contribution < 1.29 is 19.1 Å². The number of fused-ring (bicyclic) bond motifs is 1. The second-order valence-electron chi connectivity index (χ2n) is 9.25. The molecular formula is C27H25Cl2N5O5. The Hall–Kier alpha value is -3.86. The van der Waals surface area contributed by atoms with Crippen LogP contribution in [0.25, 0.3) is 10.9 Å². The first-order chi connectivity index (χ1) is 18.8. The standard InChI is InChI=1S/C27H25Cl2N5O5/c28-21-3-1-17(11-22(21)29)13-30-24(35)15-34-16-31-23-4-2-19(12-20(23)26(34)36)33-8-6-32(7-9-33)14-18-5-10-39-25(18)27(37)38/h1-5,10-12,16H,6-9,13-15H2,(H,30,35)(H,37,38). The monoisotopic (exact) mass is 569 g/mol. The topological polar surface area (TPSA) is 121 Å². The fourth-order valence-corrected chi connectivity index (χ4v) is 4.89. The first kappa shape index (κ1) is 26.7. The van der Waals surface area contributed by atoms with E-state index >= 15 is 0 Å². The lowest BCUT2D eigenvalue weighted by Crippen LogP contribution is -2.46. The number of carbonyl (C=O) groups excluding carboxylic acids is 1. The Labute approximate surface area is 233 Å². The first-order valence-electron chi connectivity index (χ1n) is 12.3. The number of hydrogen-bond acceptors (Lipinski definition) is 7. The summed E-state index contributed by atoms with van der Waals surface area (Å²) in [6, 6.07) is 12.3. The van der Waals surface area contributed by atoms with Crippen LogP contribution in [0.15, 0.2) is 64.3 Å². The van der Waals surface area contributed by atoms with E-state index in [1.54, 1.807) is 30.3 Å². The molecular weight excluding hydrogens is 545 g/mol. The van der Waals surface area contributed by atoms with Gasteiger partial charge in [0.15, 0.2) is 0 Å². The molecule has 1 aliphatic rings. The molecule has 2 aromatic carbocycles. The number of anilines is 1. The van der Waals surface area contributed by atoms with E-state index in [2.05, 4.69) is 20.1 Å². The minimum absolute atomic E-state index is 0.0289. The average Bonchev–Trinajstić information content (AvgIpc) is 3.40. The van der Waals surface area contributed by atoms with Gasteiger partial charge in [-0.25, -0.2) is 9.78 Å². The van der Waals surface area contributed by atoms with Gasteiger partial charge < -0.3 is 19.7 Å². The van der Waals surface area contributed by atoms with Crippen LogP contribution in [0.1, 0.15) is 21.7 Å². The molecule has 39 heavy (non-hydrogen) atoms. The van der Waals surface area contributed by atoms with Gasteiger partial charge in [-0.1, -0.05) is 29.3 Å². The van der Waals surface area contributed by atoms with E-state index in [4.69, 9.17) is 27.6 Å². The van der Waals surface area contributed by atoms with Crippen molar-refractivity contribution in [1.82, 2.24) is 19.8 Å². The lowest BCUT2D eigenvalue weighted by Gasteiger charge is -2.36. The summed E-state index contributed by atoms with van der Waals surface area (Å²) in [4.78, 5) is 45.7. The normalized spacial score (nSPS) is 14.1. The number of halogens is 2. The van der Waals surface area contributed by atoms with E-state index in [1.807, 2.05) is 12.1 Å². The van der Waals surface area contributed by atoms with Crippen molar-refractivity contribution in [1.29, 1.82) is 0 Å². The maximum Gasteiger partial charge on any atom is 0.372 e. The number of carboxylic acid groups (broad SMARTS) is 1. The van der Waals surface area contributed by atoms with Gasteiger partial charge in [0.1, 0.15) is 6.54 Å². The maximum atomic E-state index is 13.2. The lowest BCUT2D eigenvalue weighted by molar-refractivity contribution is -0.121. The Bertz CT molecular complexity index is 1590. The minimum atomic E-state index is -1.08. The van der Waals surface area contributed by atoms with Crippen LogP contribution < -0.4 is 15.8 Å². The summed E-state index contributed by atoms with van der Waals surface area (Å²) in [7, 11) is 0. The molecule has 3 heterocycles. The highest BCUT2D eigenvalue weighted by molar-refractivity contribution is 6.42. The summed E-state index contributed by atoms with van der Waals surface area (Å²) >= 11 is 12.0. The van der Waals surface area contributed by atoms with E-state index in [9.17, 15) is 19.5 Å². The highest BCUT2D eigenvalue weighted by atomic mass is 35.5. The number of furan rings is 1. The van der Waals surface area contributed by atoms with Gasteiger partial charge in [0, 0.05) is 50.5 Å². The predicted octanol–water partition coefficient (Wildman–Crippen LogP) is 3.63. The van der Waals surface area contributed by atoms with E-state index in [0.717, 1.165) is 24.3 Å². The number of rotatable bonds is 8. The molecule has 5 rings (SSSR count). The summed E-state index contributed by atoms with van der Waals surface area (Å²) in [5.41, 5.74) is 2.58. The third kappa shape index (κ3) is 6.08. The number of aromatic nitrogens is 2. The summed E-state index contributed by atoms with van der Waals surface area (Å²) < 4.78 is 6.37. The SMILES string of the molecule is O=C(Cn1cnc2ccc(N3CCN(Cc4ccoc4C(=O)O)CC3)cc2c1=O)NCc1ccc(Cl)c(Cl)c1. The molecule has 0 aliphatic carbocycles. The molecule has 10 nitrogen and oxygen atoms in total. The van der Waals surface area contributed by atoms with E-state index in [-0.39, 0.29) is 30.3 Å². The fourth-order valence-electron chi connectivity index (χ4n) is 4.57. The molecule has 0 atom stereocenters. The van der Waals surface area contributed by atoms with Gasteiger partial charge in [0.25, 0.3) is 5.56 Å². The molecule has 0 bridgehead atoms. The Morgan fingerprint density at radius 1 is 1.03 bits per heavy atom. The number of carboxylic acids is 1. The van der Waals surface area contributed by atoms with E-state index in [1.165, 1.54) is 17.2 Å². The van der Waals surface area contributed by atoms with Gasteiger partial charge in [0.2, 0.25) is 11.7 Å². The van der Waals surface area contributed by atoms with Crippen molar-refractivity contribution in [2.24, 2.45) is 0 Å². The molecule has 0 radical (unpaired) electrons. The van der Waals surface area contributed by atoms with Crippen LogP contribution in [-0.4, -0.2) is 57.6 Å². The highest BCUT2D eigenvalue weighted by Crippen LogP contribution is 2.23. The Morgan fingerprint density at radius 2 is 1.82 bits per heavy atom. The maximum absolute atomic E-state index is 13.2. The largest absolute Gasteiger partial charge is 0.475 e. The minimum Gasteiger partial charge on any atom is -0.475 e. The van der Waals surface area contributed by atoms with Gasteiger partial charge in [-0.15, -0.1) is 0 Å². The van der Waals surface area contributed by atoms with Crippen molar-refractivity contribution >= 4 is 51.7 Å². The molecule has 1 aliphatic heterocycles. The van der Waals surface area contributed by atoms with Crippen molar-refractivity contribution in [3.8, 4) is 0 Å². The summed E-state index contributed by atoms with van der Waals surface area (Å²) in [6.07, 6.45) is 2.77. The van der Waals surface area contributed by atoms with E-state index < -0.39 is 5.97 Å². The molecule has 12 heteroatoms. The van der Waals surface area contributed by atoms with Crippen molar-refractivity contribution in [3.05, 3.63) is 92.3 Å². The zero-order valence-electron chi connectivity index (χ0n) is 20.8. The van der Waals surface area contributed by atoms with Gasteiger partial charge in [-0.05, 0) is 42.0 Å². The number of benzene rings is 2. The van der Waals surface area contributed by atoms with E-state index in [0.29, 0.717) is 46.1 Å². The second-order valence-corrected chi connectivity index (χ2v) is 10.1. The average molecular weight is 570 g/mol. The molecule has 0 unspecified atom stereocenters. The lowest BCUT2D eigenvalue weighted by atomic mass is 10.1. The number of nitrogens with zero attached hydrogens (tertiary/aromatic N) is 4. The number of aromatic carboxylic acids is 1. The Balaban J connectivity index is 1.23. The van der Waals surface area contributed by atoms with Gasteiger partial charge in [0.05, 0.1) is 33.5 Å². The van der Waals surface area contributed by atoms with Gasteiger partial charge >= 0.3 is 5.97 Å².